The lowest BCUT2D eigenvalue weighted by Gasteiger charge is -2.29. The fourth-order valence-corrected chi connectivity index (χ4v) is 4.54. The molecule has 6 heteroatoms. The number of amides is 1. The summed E-state index contributed by atoms with van der Waals surface area (Å²) < 4.78 is 17.6. The molecule has 1 aromatic heterocycles. The second-order valence-electron chi connectivity index (χ2n) is 8.52. The maximum absolute atomic E-state index is 12.8. The van der Waals surface area contributed by atoms with E-state index in [4.69, 9.17) is 13.9 Å². The summed E-state index contributed by atoms with van der Waals surface area (Å²) in [6.07, 6.45) is 6.23. The lowest BCUT2D eigenvalue weighted by Crippen LogP contribution is -2.36. The van der Waals surface area contributed by atoms with Crippen molar-refractivity contribution in [3.8, 4) is 11.5 Å². The van der Waals surface area contributed by atoms with Gasteiger partial charge < -0.3 is 18.8 Å². The molecule has 166 valence electrons. The van der Waals surface area contributed by atoms with Crippen LogP contribution >= 0.6 is 0 Å². The fourth-order valence-electron chi connectivity index (χ4n) is 4.54. The van der Waals surface area contributed by atoms with Crippen molar-refractivity contribution in [2.45, 2.75) is 45.1 Å². The number of aromatic nitrogens is 1. The van der Waals surface area contributed by atoms with Crippen LogP contribution in [0.4, 0.5) is 0 Å². The smallest absolute Gasteiger partial charge is 0.246 e. The van der Waals surface area contributed by atoms with E-state index in [1.165, 1.54) is 0 Å². The van der Waals surface area contributed by atoms with Gasteiger partial charge in [-0.15, -0.1) is 0 Å². The highest BCUT2D eigenvalue weighted by molar-refractivity contribution is 5.92. The number of para-hydroxylation sites is 2. The third-order valence-corrected chi connectivity index (χ3v) is 6.20. The lowest BCUT2D eigenvalue weighted by atomic mass is 9.96. The Labute approximate surface area is 187 Å². The number of nitrogens with zero attached hydrogens (tertiary/aromatic N) is 2. The quantitative estimate of drug-likeness (QED) is 0.533. The number of hydrogen-bond acceptors (Lipinski definition) is 5. The molecule has 1 amide bonds. The van der Waals surface area contributed by atoms with E-state index in [1.54, 1.807) is 6.08 Å². The van der Waals surface area contributed by atoms with Gasteiger partial charge in [-0.2, -0.15) is 0 Å². The molecule has 2 aliphatic rings. The van der Waals surface area contributed by atoms with Crippen LogP contribution in [0.1, 0.15) is 49.6 Å². The number of hydrogen-bond donors (Lipinski definition) is 0. The Morgan fingerprint density at radius 1 is 1.25 bits per heavy atom. The second-order valence-corrected chi connectivity index (χ2v) is 8.52. The molecule has 0 N–H and O–H groups in total. The molecule has 5 rings (SSSR count). The maximum atomic E-state index is 12.8. The molecule has 3 aromatic rings. The highest BCUT2D eigenvalue weighted by Crippen LogP contribution is 2.36. The Hall–Kier alpha value is -3.28. The molecular formula is C26H28N2O4. The molecule has 1 unspecified atom stereocenters. The number of rotatable bonds is 5. The van der Waals surface area contributed by atoms with Crippen LogP contribution in [0.5, 0.6) is 11.5 Å². The number of ether oxygens (including phenoxy) is 2. The number of carbonyl (C=O) groups excluding carboxylic acids is 1. The van der Waals surface area contributed by atoms with Crippen LogP contribution in [0, 0.1) is 0 Å². The Morgan fingerprint density at radius 3 is 2.84 bits per heavy atom. The van der Waals surface area contributed by atoms with Crippen molar-refractivity contribution in [3.05, 3.63) is 59.5 Å². The SMILES string of the molecule is CCOc1cc2c(cc1/C=C/C(=O)N1CCC(c3nc4ccccc4o3)CC1)OC(C)C2. The summed E-state index contributed by atoms with van der Waals surface area (Å²) in [5, 5.41) is 0. The Kier molecular flexibility index (Phi) is 5.60. The number of likely N-dealkylation sites (tertiary alicyclic amines) is 1. The van der Waals surface area contributed by atoms with Gasteiger partial charge in [-0.1, -0.05) is 12.1 Å². The van der Waals surface area contributed by atoms with E-state index in [0.717, 1.165) is 58.9 Å². The zero-order valence-corrected chi connectivity index (χ0v) is 18.5. The predicted octanol–water partition coefficient (Wildman–Crippen LogP) is 4.97. The molecule has 3 heterocycles. The largest absolute Gasteiger partial charge is 0.493 e. The maximum Gasteiger partial charge on any atom is 0.246 e. The summed E-state index contributed by atoms with van der Waals surface area (Å²) in [4.78, 5) is 19.4. The minimum Gasteiger partial charge on any atom is -0.493 e. The molecule has 0 radical (unpaired) electrons. The molecule has 1 saturated heterocycles. The molecular weight excluding hydrogens is 404 g/mol. The summed E-state index contributed by atoms with van der Waals surface area (Å²) in [6.45, 7) is 5.98. The third-order valence-electron chi connectivity index (χ3n) is 6.20. The van der Waals surface area contributed by atoms with E-state index in [1.807, 2.05) is 54.3 Å². The number of oxazole rings is 1. The van der Waals surface area contributed by atoms with Crippen molar-refractivity contribution in [2.75, 3.05) is 19.7 Å². The van der Waals surface area contributed by atoms with Crippen molar-refractivity contribution < 1.29 is 18.7 Å². The summed E-state index contributed by atoms with van der Waals surface area (Å²) >= 11 is 0. The number of benzene rings is 2. The average molecular weight is 433 g/mol. The second kappa shape index (κ2) is 8.69. The van der Waals surface area contributed by atoms with Crippen LogP contribution in [0.15, 0.2) is 46.9 Å². The van der Waals surface area contributed by atoms with Crippen LogP contribution in [0.25, 0.3) is 17.2 Å². The van der Waals surface area contributed by atoms with E-state index in [9.17, 15) is 4.79 Å². The van der Waals surface area contributed by atoms with Gasteiger partial charge in [0.05, 0.1) is 6.61 Å². The standard InChI is InChI=1S/C26H28N2O4/c1-3-30-23-16-20-14-17(2)31-24(20)15-19(23)8-9-25(29)28-12-10-18(11-13-28)26-27-21-6-4-5-7-22(21)32-26/h4-9,15-18H,3,10-14H2,1-2H3/b9-8+. The number of carbonyl (C=O) groups is 1. The highest BCUT2D eigenvalue weighted by Gasteiger charge is 2.26. The van der Waals surface area contributed by atoms with Gasteiger partial charge in [0.2, 0.25) is 5.91 Å². The fraction of sp³-hybridized carbons (Fsp3) is 0.385. The zero-order chi connectivity index (χ0) is 22.1. The first-order valence-corrected chi connectivity index (χ1v) is 11.4. The zero-order valence-electron chi connectivity index (χ0n) is 18.5. The van der Waals surface area contributed by atoms with Crippen molar-refractivity contribution >= 4 is 23.1 Å². The minimum absolute atomic E-state index is 0.0123. The van der Waals surface area contributed by atoms with E-state index in [-0.39, 0.29) is 17.9 Å². The van der Waals surface area contributed by atoms with E-state index < -0.39 is 0 Å². The first-order chi connectivity index (χ1) is 15.6. The molecule has 0 saturated carbocycles. The lowest BCUT2D eigenvalue weighted by molar-refractivity contribution is -0.127. The molecule has 32 heavy (non-hydrogen) atoms. The van der Waals surface area contributed by atoms with Gasteiger partial charge in [-0.25, -0.2) is 4.98 Å². The molecule has 6 nitrogen and oxygen atoms in total. The number of piperidine rings is 1. The van der Waals surface area contributed by atoms with Gasteiger partial charge in [0.15, 0.2) is 11.5 Å². The average Bonchev–Trinajstić information content (AvgIpc) is 3.39. The topological polar surface area (TPSA) is 64.8 Å². The molecule has 2 aromatic carbocycles. The monoisotopic (exact) mass is 432 g/mol. The van der Waals surface area contributed by atoms with Crippen LogP contribution in [-0.2, 0) is 11.2 Å². The van der Waals surface area contributed by atoms with Gasteiger partial charge >= 0.3 is 0 Å². The Balaban J connectivity index is 1.24. The molecule has 1 fully saturated rings. The van der Waals surface area contributed by atoms with Crippen molar-refractivity contribution in [1.29, 1.82) is 0 Å². The first-order valence-electron chi connectivity index (χ1n) is 11.4. The minimum atomic E-state index is 0.0123. The van der Waals surface area contributed by atoms with Gasteiger partial charge in [-0.3, -0.25) is 4.79 Å². The van der Waals surface area contributed by atoms with E-state index in [0.29, 0.717) is 19.7 Å². The van der Waals surface area contributed by atoms with E-state index >= 15 is 0 Å². The molecule has 2 aliphatic heterocycles. The predicted molar refractivity (Wildman–Crippen MR) is 123 cm³/mol. The van der Waals surface area contributed by atoms with Gasteiger partial charge in [0, 0.05) is 42.6 Å². The van der Waals surface area contributed by atoms with Gasteiger partial charge in [0.1, 0.15) is 23.1 Å². The van der Waals surface area contributed by atoms with Crippen molar-refractivity contribution in [1.82, 2.24) is 9.88 Å². The van der Waals surface area contributed by atoms with Crippen molar-refractivity contribution in [3.63, 3.8) is 0 Å². The van der Waals surface area contributed by atoms with Crippen LogP contribution in [0.3, 0.4) is 0 Å². The molecule has 1 atom stereocenters. The number of fused-ring (bicyclic) bond motifs is 2. The Bertz CT molecular complexity index is 1120. The first kappa shape index (κ1) is 20.6. The summed E-state index contributed by atoms with van der Waals surface area (Å²) in [7, 11) is 0. The Morgan fingerprint density at radius 2 is 2.06 bits per heavy atom. The normalized spacial score (nSPS) is 18.8. The molecule has 0 aliphatic carbocycles. The highest BCUT2D eigenvalue weighted by atomic mass is 16.5. The van der Waals surface area contributed by atoms with Gasteiger partial charge in [-0.05, 0) is 57.0 Å². The third kappa shape index (κ3) is 4.09. The summed E-state index contributed by atoms with van der Waals surface area (Å²) in [5.41, 5.74) is 3.74. The molecule has 0 bridgehead atoms. The van der Waals surface area contributed by atoms with Crippen LogP contribution in [0.2, 0.25) is 0 Å². The van der Waals surface area contributed by atoms with E-state index in [2.05, 4.69) is 11.9 Å². The van der Waals surface area contributed by atoms with Crippen LogP contribution in [-0.4, -0.2) is 41.6 Å². The summed E-state index contributed by atoms with van der Waals surface area (Å²) in [5.74, 6) is 2.71. The molecule has 0 spiro atoms. The summed E-state index contributed by atoms with van der Waals surface area (Å²) in [6, 6.07) is 11.8. The van der Waals surface area contributed by atoms with Crippen molar-refractivity contribution in [2.24, 2.45) is 0 Å². The van der Waals surface area contributed by atoms with Gasteiger partial charge in [0.25, 0.3) is 0 Å². The van der Waals surface area contributed by atoms with Crippen LogP contribution < -0.4 is 9.47 Å².